The summed E-state index contributed by atoms with van der Waals surface area (Å²) in [6.07, 6.45) is -0.930. The van der Waals surface area contributed by atoms with Crippen LogP contribution in [0.15, 0.2) is 48.5 Å². The Balaban J connectivity index is 2.00. The molecule has 0 spiro atoms. The Kier molecular flexibility index (Phi) is 5.76. The normalized spacial score (nSPS) is 13.0. The van der Waals surface area contributed by atoms with Gasteiger partial charge >= 0.3 is 6.03 Å². The van der Waals surface area contributed by atoms with E-state index in [4.69, 9.17) is 0 Å². The predicted molar refractivity (Wildman–Crippen MR) is 93.7 cm³/mol. The Morgan fingerprint density at radius 2 is 1.75 bits per heavy atom. The molecule has 0 aliphatic rings. The Morgan fingerprint density at radius 3 is 2.38 bits per heavy atom. The molecule has 0 saturated heterocycles. The quantitative estimate of drug-likeness (QED) is 0.789. The van der Waals surface area contributed by atoms with Gasteiger partial charge in [0.25, 0.3) is 0 Å². The highest BCUT2D eigenvalue weighted by Crippen LogP contribution is 2.23. The number of hydrogen-bond acceptors (Lipinski definition) is 3. The molecule has 2 atom stereocenters. The Labute approximate surface area is 141 Å². The summed E-state index contributed by atoms with van der Waals surface area (Å²) < 4.78 is 12.9. The maximum Gasteiger partial charge on any atom is 0.319 e. The van der Waals surface area contributed by atoms with E-state index < -0.39 is 18.2 Å². The molecule has 2 rings (SSSR count). The van der Waals surface area contributed by atoms with Crippen LogP contribution in [-0.2, 0) is 0 Å². The van der Waals surface area contributed by atoms with Gasteiger partial charge in [0.05, 0.1) is 23.5 Å². The first-order valence-corrected chi connectivity index (χ1v) is 7.66. The number of aliphatic hydroxyl groups excluding tert-OH is 1. The molecule has 0 radical (unpaired) electrons. The van der Waals surface area contributed by atoms with Crippen LogP contribution in [0.3, 0.4) is 0 Å². The zero-order valence-electron chi connectivity index (χ0n) is 14.0. The lowest BCUT2D eigenvalue weighted by Gasteiger charge is -2.22. The smallest absolute Gasteiger partial charge is 0.319 e. The summed E-state index contributed by atoms with van der Waals surface area (Å²) in [6, 6.07) is 12.0. The van der Waals surface area contributed by atoms with Crippen LogP contribution < -0.4 is 15.5 Å². The van der Waals surface area contributed by atoms with Gasteiger partial charge in [0, 0.05) is 14.1 Å². The molecule has 0 fully saturated rings. The number of hydrogen-bond donors (Lipinski definition) is 3. The van der Waals surface area contributed by atoms with Crippen LogP contribution in [0.5, 0.6) is 0 Å². The van der Waals surface area contributed by atoms with E-state index in [-0.39, 0.29) is 5.82 Å². The number of halogens is 1. The Bertz CT molecular complexity index is 689. The summed E-state index contributed by atoms with van der Waals surface area (Å²) in [4.78, 5) is 14.1. The number of nitrogens with one attached hydrogen (secondary N) is 2. The number of anilines is 2. The van der Waals surface area contributed by atoms with Crippen LogP contribution in [0.1, 0.15) is 18.6 Å². The molecule has 24 heavy (non-hydrogen) atoms. The van der Waals surface area contributed by atoms with E-state index in [0.29, 0.717) is 11.3 Å². The molecule has 2 unspecified atom stereocenters. The molecule has 0 aliphatic heterocycles. The molecule has 2 aromatic rings. The second kappa shape index (κ2) is 7.79. The van der Waals surface area contributed by atoms with E-state index in [1.54, 1.807) is 13.0 Å². The van der Waals surface area contributed by atoms with Crippen molar-refractivity contribution in [2.24, 2.45) is 0 Å². The van der Waals surface area contributed by atoms with Gasteiger partial charge in [-0.3, -0.25) is 0 Å². The Morgan fingerprint density at radius 1 is 1.12 bits per heavy atom. The zero-order valence-corrected chi connectivity index (χ0v) is 14.0. The van der Waals surface area contributed by atoms with Gasteiger partial charge in [0.1, 0.15) is 5.82 Å². The molecule has 0 aliphatic carbocycles. The average Bonchev–Trinajstić information content (AvgIpc) is 2.55. The highest BCUT2D eigenvalue weighted by Gasteiger charge is 2.19. The van der Waals surface area contributed by atoms with Gasteiger partial charge < -0.3 is 20.6 Å². The first-order chi connectivity index (χ1) is 11.4. The number of carbonyl (C=O) groups is 1. The van der Waals surface area contributed by atoms with Crippen LogP contribution in [0.4, 0.5) is 20.6 Å². The van der Waals surface area contributed by atoms with Crippen molar-refractivity contribution in [2.75, 3.05) is 24.3 Å². The van der Waals surface area contributed by atoms with E-state index in [0.717, 1.165) is 5.69 Å². The molecular weight excluding hydrogens is 309 g/mol. The molecule has 5 nitrogen and oxygen atoms in total. The topological polar surface area (TPSA) is 64.6 Å². The molecule has 0 bridgehead atoms. The lowest BCUT2D eigenvalue weighted by atomic mass is 10.0. The monoisotopic (exact) mass is 331 g/mol. The second-order valence-electron chi connectivity index (χ2n) is 5.80. The summed E-state index contributed by atoms with van der Waals surface area (Å²) in [5, 5.41) is 15.7. The number of rotatable bonds is 5. The number of nitrogens with zero attached hydrogens (tertiary/aromatic N) is 1. The van der Waals surface area contributed by atoms with E-state index in [1.165, 1.54) is 24.3 Å². The highest BCUT2D eigenvalue weighted by molar-refractivity contribution is 5.93. The van der Waals surface area contributed by atoms with Crippen LogP contribution in [-0.4, -0.2) is 31.3 Å². The summed E-state index contributed by atoms with van der Waals surface area (Å²) >= 11 is 0. The van der Waals surface area contributed by atoms with Crippen molar-refractivity contribution >= 4 is 17.4 Å². The minimum atomic E-state index is -0.930. The lowest BCUT2D eigenvalue weighted by molar-refractivity contribution is 0.139. The number of urea groups is 1. The van der Waals surface area contributed by atoms with Gasteiger partial charge in [-0.2, -0.15) is 0 Å². The number of para-hydroxylation sites is 2. The maximum atomic E-state index is 12.9. The third-order valence-electron chi connectivity index (χ3n) is 3.68. The second-order valence-corrected chi connectivity index (χ2v) is 5.80. The van der Waals surface area contributed by atoms with Gasteiger partial charge in [0.2, 0.25) is 0 Å². The number of benzene rings is 2. The summed E-state index contributed by atoms with van der Waals surface area (Å²) in [5.41, 5.74) is 2.08. The SMILES string of the molecule is CC(NC(=O)Nc1ccccc1N(C)C)C(O)c1ccc(F)cc1. The third kappa shape index (κ3) is 4.45. The lowest BCUT2D eigenvalue weighted by Crippen LogP contribution is -2.40. The van der Waals surface area contributed by atoms with E-state index in [1.807, 2.05) is 37.2 Å². The molecule has 0 aromatic heterocycles. The largest absolute Gasteiger partial charge is 0.386 e. The van der Waals surface area contributed by atoms with E-state index >= 15 is 0 Å². The molecule has 0 heterocycles. The van der Waals surface area contributed by atoms with Gasteiger partial charge in [-0.15, -0.1) is 0 Å². The minimum absolute atomic E-state index is 0.371. The van der Waals surface area contributed by atoms with Crippen molar-refractivity contribution < 1.29 is 14.3 Å². The first kappa shape index (κ1) is 17.7. The molecule has 2 aromatic carbocycles. The van der Waals surface area contributed by atoms with Crippen LogP contribution in [0.2, 0.25) is 0 Å². The summed E-state index contributed by atoms with van der Waals surface area (Å²) in [5.74, 6) is -0.371. The van der Waals surface area contributed by atoms with Crippen molar-refractivity contribution in [3.05, 3.63) is 59.9 Å². The fourth-order valence-electron chi connectivity index (χ4n) is 2.36. The summed E-state index contributed by atoms with van der Waals surface area (Å²) in [7, 11) is 3.78. The van der Waals surface area contributed by atoms with Crippen molar-refractivity contribution in [3.63, 3.8) is 0 Å². The number of carbonyl (C=O) groups excluding carboxylic acids is 1. The highest BCUT2D eigenvalue weighted by atomic mass is 19.1. The van der Waals surface area contributed by atoms with Crippen molar-refractivity contribution in [1.29, 1.82) is 0 Å². The fraction of sp³-hybridized carbons (Fsp3) is 0.278. The third-order valence-corrected chi connectivity index (χ3v) is 3.68. The summed E-state index contributed by atoms with van der Waals surface area (Å²) in [6.45, 7) is 1.69. The van der Waals surface area contributed by atoms with Crippen LogP contribution >= 0.6 is 0 Å². The van der Waals surface area contributed by atoms with E-state index in [2.05, 4.69) is 10.6 Å². The zero-order chi connectivity index (χ0) is 17.7. The Hall–Kier alpha value is -2.60. The number of amides is 2. The molecule has 6 heteroatoms. The molecule has 128 valence electrons. The first-order valence-electron chi connectivity index (χ1n) is 7.66. The van der Waals surface area contributed by atoms with Gasteiger partial charge in [-0.25, -0.2) is 9.18 Å². The van der Waals surface area contributed by atoms with Crippen LogP contribution in [0, 0.1) is 5.82 Å². The fourth-order valence-corrected chi connectivity index (χ4v) is 2.36. The average molecular weight is 331 g/mol. The minimum Gasteiger partial charge on any atom is -0.386 e. The maximum absolute atomic E-state index is 12.9. The predicted octanol–water partition coefficient (Wildman–Crippen LogP) is 3.14. The van der Waals surface area contributed by atoms with Gasteiger partial charge in [-0.1, -0.05) is 24.3 Å². The van der Waals surface area contributed by atoms with Crippen molar-refractivity contribution in [3.8, 4) is 0 Å². The molecule has 2 amide bonds. The number of aliphatic hydroxyl groups is 1. The van der Waals surface area contributed by atoms with Gasteiger partial charge in [-0.05, 0) is 36.8 Å². The van der Waals surface area contributed by atoms with E-state index in [9.17, 15) is 14.3 Å². The van der Waals surface area contributed by atoms with Crippen molar-refractivity contribution in [2.45, 2.75) is 19.1 Å². The van der Waals surface area contributed by atoms with Crippen molar-refractivity contribution in [1.82, 2.24) is 5.32 Å². The standard InChI is InChI=1S/C18H22FN3O2/c1-12(17(23)13-8-10-14(19)11-9-13)20-18(24)21-15-6-4-5-7-16(15)22(2)3/h4-12,17,23H,1-3H3,(H2,20,21,24). The van der Waals surface area contributed by atoms with Crippen LogP contribution in [0.25, 0.3) is 0 Å². The molecular formula is C18H22FN3O2. The van der Waals surface area contributed by atoms with Gasteiger partial charge in [0.15, 0.2) is 0 Å². The molecule has 3 N–H and O–H groups in total. The molecule has 0 saturated carbocycles.